The van der Waals surface area contributed by atoms with Crippen LogP contribution in [0, 0.1) is 11.8 Å². The highest BCUT2D eigenvalue weighted by molar-refractivity contribution is 5.97. The van der Waals surface area contributed by atoms with E-state index in [1.54, 1.807) is 0 Å². The van der Waals surface area contributed by atoms with E-state index in [4.69, 9.17) is 0 Å². The number of piperidine rings is 1. The molecule has 2 heterocycles. The number of nitrogens with zero attached hydrogens (tertiary/aromatic N) is 2. The van der Waals surface area contributed by atoms with Crippen LogP contribution in [0.2, 0.25) is 0 Å². The van der Waals surface area contributed by atoms with Gasteiger partial charge in [0.1, 0.15) is 12.1 Å². The first kappa shape index (κ1) is 13.9. The molecule has 0 aromatic rings. The summed E-state index contributed by atoms with van der Waals surface area (Å²) in [7, 11) is 0. The maximum atomic E-state index is 12.8. The van der Waals surface area contributed by atoms with Crippen molar-refractivity contribution in [2.24, 2.45) is 11.8 Å². The largest absolute Gasteiger partial charge is 0.329 e. The minimum absolute atomic E-state index is 0.162. The number of fused-ring (bicyclic) bond motifs is 1. The molecule has 1 saturated carbocycles. The van der Waals surface area contributed by atoms with Crippen LogP contribution in [0.25, 0.3) is 0 Å². The molecular formula is C16H26N2O2. The Labute approximate surface area is 121 Å². The van der Waals surface area contributed by atoms with Gasteiger partial charge in [-0.1, -0.05) is 26.7 Å². The summed E-state index contributed by atoms with van der Waals surface area (Å²) in [6, 6.07) is -0.388. The molecule has 0 bridgehead atoms. The standard InChI is InChI=1S/C16H26N2O2/c1-11(2)14-16(20)17-9-4-3-5-13(17)15(19)18(14)10-8-12-6-7-12/h11-14H,3-10H2,1-2H3. The molecule has 0 aromatic heterocycles. The zero-order valence-electron chi connectivity index (χ0n) is 12.7. The van der Waals surface area contributed by atoms with E-state index in [9.17, 15) is 9.59 Å². The van der Waals surface area contributed by atoms with Gasteiger partial charge in [-0.05, 0) is 37.5 Å². The summed E-state index contributed by atoms with van der Waals surface area (Å²) in [4.78, 5) is 29.3. The van der Waals surface area contributed by atoms with Gasteiger partial charge in [-0.3, -0.25) is 9.59 Å². The minimum Gasteiger partial charge on any atom is -0.329 e. The third-order valence-corrected chi connectivity index (χ3v) is 5.05. The second-order valence-electron chi connectivity index (χ2n) is 7.00. The summed E-state index contributed by atoms with van der Waals surface area (Å²) in [6.45, 7) is 5.67. The van der Waals surface area contributed by atoms with E-state index in [1.165, 1.54) is 12.8 Å². The number of hydrogen-bond donors (Lipinski definition) is 0. The smallest absolute Gasteiger partial charge is 0.246 e. The predicted octanol–water partition coefficient (Wildman–Crippen LogP) is 2.03. The quantitative estimate of drug-likeness (QED) is 0.789. The molecule has 2 aliphatic heterocycles. The molecule has 112 valence electrons. The van der Waals surface area contributed by atoms with Crippen LogP contribution in [0.3, 0.4) is 0 Å². The number of amides is 2. The Hall–Kier alpha value is -1.06. The van der Waals surface area contributed by atoms with E-state index in [2.05, 4.69) is 13.8 Å². The normalized spacial score (nSPS) is 30.9. The van der Waals surface area contributed by atoms with Crippen molar-refractivity contribution in [1.82, 2.24) is 9.80 Å². The molecule has 3 rings (SSSR count). The Balaban J connectivity index is 1.79. The van der Waals surface area contributed by atoms with Crippen molar-refractivity contribution < 1.29 is 9.59 Å². The Morgan fingerprint density at radius 2 is 1.85 bits per heavy atom. The highest BCUT2D eigenvalue weighted by atomic mass is 16.2. The fraction of sp³-hybridized carbons (Fsp3) is 0.875. The van der Waals surface area contributed by atoms with E-state index in [0.717, 1.165) is 44.7 Å². The monoisotopic (exact) mass is 278 g/mol. The lowest BCUT2D eigenvalue weighted by Crippen LogP contribution is -2.67. The zero-order chi connectivity index (χ0) is 14.3. The van der Waals surface area contributed by atoms with Gasteiger partial charge >= 0.3 is 0 Å². The van der Waals surface area contributed by atoms with Gasteiger partial charge in [0.15, 0.2) is 0 Å². The lowest BCUT2D eigenvalue weighted by atomic mass is 9.90. The third-order valence-electron chi connectivity index (χ3n) is 5.05. The maximum Gasteiger partial charge on any atom is 0.246 e. The van der Waals surface area contributed by atoms with Gasteiger partial charge in [0.25, 0.3) is 0 Å². The van der Waals surface area contributed by atoms with Crippen LogP contribution in [-0.2, 0) is 9.59 Å². The van der Waals surface area contributed by atoms with E-state index in [0.29, 0.717) is 0 Å². The van der Waals surface area contributed by atoms with Crippen molar-refractivity contribution >= 4 is 11.8 Å². The lowest BCUT2D eigenvalue weighted by Gasteiger charge is -2.48. The third kappa shape index (κ3) is 2.45. The summed E-state index contributed by atoms with van der Waals surface area (Å²) < 4.78 is 0. The molecular weight excluding hydrogens is 252 g/mol. The lowest BCUT2D eigenvalue weighted by molar-refractivity contribution is -0.165. The van der Waals surface area contributed by atoms with Gasteiger partial charge < -0.3 is 9.80 Å². The average Bonchev–Trinajstić information content (AvgIpc) is 3.25. The summed E-state index contributed by atoms with van der Waals surface area (Å²) in [5.41, 5.74) is 0. The second kappa shape index (κ2) is 5.38. The van der Waals surface area contributed by atoms with Crippen LogP contribution in [0.15, 0.2) is 0 Å². The van der Waals surface area contributed by atoms with Crippen LogP contribution >= 0.6 is 0 Å². The molecule has 3 aliphatic rings. The van der Waals surface area contributed by atoms with Crippen molar-refractivity contribution in [3.8, 4) is 0 Å². The number of carbonyl (C=O) groups excluding carboxylic acids is 2. The molecule has 2 unspecified atom stereocenters. The summed E-state index contributed by atoms with van der Waals surface area (Å²) in [5, 5.41) is 0. The van der Waals surface area contributed by atoms with E-state index < -0.39 is 0 Å². The van der Waals surface area contributed by atoms with Crippen molar-refractivity contribution in [3.63, 3.8) is 0 Å². The van der Waals surface area contributed by atoms with Gasteiger partial charge in [0.05, 0.1) is 0 Å². The first-order valence-electron chi connectivity index (χ1n) is 8.20. The molecule has 0 N–H and O–H groups in total. The summed E-state index contributed by atoms with van der Waals surface area (Å²) in [6.07, 6.45) is 6.66. The molecule has 2 saturated heterocycles. The maximum absolute atomic E-state index is 12.8. The summed E-state index contributed by atoms with van der Waals surface area (Å²) >= 11 is 0. The number of piperazine rings is 1. The SMILES string of the molecule is CC(C)C1C(=O)N2CCCCC2C(=O)N1CCC1CC1. The molecule has 0 aromatic carbocycles. The average molecular weight is 278 g/mol. The summed E-state index contributed by atoms with van der Waals surface area (Å²) in [5.74, 6) is 1.41. The molecule has 4 heteroatoms. The van der Waals surface area contributed by atoms with Crippen LogP contribution in [0.1, 0.15) is 52.4 Å². The fourth-order valence-electron chi connectivity index (χ4n) is 3.71. The topological polar surface area (TPSA) is 40.6 Å². The number of carbonyl (C=O) groups is 2. The van der Waals surface area contributed by atoms with Crippen LogP contribution in [0.5, 0.6) is 0 Å². The van der Waals surface area contributed by atoms with Crippen LogP contribution in [0.4, 0.5) is 0 Å². The number of rotatable bonds is 4. The van der Waals surface area contributed by atoms with Gasteiger partial charge in [-0.15, -0.1) is 0 Å². The fourth-order valence-corrected chi connectivity index (χ4v) is 3.71. The van der Waals surface area contributed by atoms with E-state index in [1.807, 2.05) is 9.80 Å². The van der Waals surface area contributed by atoms with E-state index >= 15 is 0 Å². The predicted molar refractivity (Wildman–Crippen MR) is 77.0 cm³/mol. The molecule has 1 aliphatic carbocycles. The Bertz CT molecular complexity index is 403. The van der Waals surface area contributed by atoms with Crippen molar-refractivity contribution in [2.45, 2.75) is 64.5 Å². The van der Waals surface area contributed by atoms with Crippen molar-refractivity contribution in [2.75, 3.05) is 13.1 Å². The highest BCUT2D eigenvalue weighted by Gasteiger charge is 2.47. The van der Waals surface area contributed by atoms with Gasteiger partial charge in [0.2, 0.25) is 11.8 Å². The molecule has 4 nitrogen and oxygen atoms in total. The highest BCUT2D eigenvalue weighted by Crippen LogP contribution is 2.34. The molecule has 0 spiro atoms. The Morgan fingerprint density at radius 3 is 2.50 bits per heavy atom. The molecule has 2 amide bonds. The van der Waals surface area contributed by atoms with Gasteiger partial charge in [-0.2, -0.15) is 0 Å². The van der Waals surface area contributed by atoms with Crippen LogP contribution in [-0.4, -0.2) is 46.8 Å². The first-order chi connectivity index (χ1) is 9.59. The number of hydrogen-bond acceptors (Lipinski definition) is 2. The molecule has 20 heavy (non-hydrogen) atoms. The Morgan fingerprint density at radius 1 is 1.10 bits per heavy atom. The Kier molecular flexibility index (Phi) is 3.74. The van der Waals surface area contributed by atoms with Crippen molar-refractivity contribution in [3.05, 3.63) is 0 Å². The second-order valence-corrected chi connectivity index (χ2v) is 7.00. The van der Waals surface area contributed by atoms with Gasteiger partial charge in [0, 0.05) is 13.1 Å². The zero-order valence-corrected chi connectivity index (χ0v) is 12.7. The first-order valence-corrected chi connectivity index (χ1v) is 8.20. The molecule has 3 fully saturated rings. The van der Waals surface area contributed by atoms with Crippen molar-refractivity contribution in [1.29, 1.82) is 0 Å². The van der Waals surface area contributed by atoms with Crippen LogP contribution < -0.4 is 0 Å². The molecule has 2 atom stereocenters. The van der Waals surface area contributed by atoms with E-state index in [-0.39, 0.29) is 29.8 Å². The van der Waals surface area contributed by atoms with Gasteiger partial charge in [-0.25, -0.2) is 0 Å². The molecule has 0 radical (unpaired) electrons. The minimum atomic E-state index is -0.226.